The summed E-state index contributed by atoms with van der Waals surface area (Å²) in [6.07, 6.45) is 1.83. The van der Waals surface area contributed by atoms with Crippen molar-refractivity contribution in [2.75, 3.05) is 11.9 Å². The number of hydrogen-bond acceptors (Lipinski definition) is 4. The molecule has 0 bridgehead atoms. The third-order valence-electron chi connectivity index (χ3n) is 4.13. The predicted octanol–water partition coefficient (Wildman–Crippen LogP) is 4.07. The number of nitrogens with one attached hydrogen (secondary N) is 1. The van der Waals surface area contributed by atoms with Crippen molar-refractivity contribution in [3.05, 3.63) is 65.9 Å². The lowest BCUT2D eigenvalue weighted by Gasteiger charge is -2.20. The Balaban J connectivity index is 1.88. The van der Waals surface area contributed by atoms with Crippen LogP contribution in [0.3, 0.4) is 0 Å². The van der Waals surface area contributed by atoms with Crippen molar-refractivity contribution in [2.24, 2.45) is 0 Å². The lowest BCUT2D eigenvalue weighted by Crippen LogP contribution is -2.16. The highest BCUT2D eigenvalue weighted by Gasteiger charge is 2.15. The molecule has 0 amide bonds. The maximum Gasteiger partial charge on any atom is 0.223 e. The molecular weight excluding hydrogens is 298 g/mol. The average molecular weight is 321 g/mol. The van der Waals surface area contributed by atoms with Crippen LogP contribution in [0.5, 0.6) is 0 Å². The van der Waals surface area contributed by atoms with E-state index < -0.39 is 0 Å². The zero-order valence-electron chi connectivity index (χ0n) is 14.3. The second kappa shape index (κ2) is 6.57. The summed E-state index contributed by atoms with van der Waals surface area (Å²) in [5.41, 5.74) is 3.26. The summed E-state index contributed by atoms with van der Waals surface area (Å²) in [5, 5.41) is 13.9. The molecule has 0 spiro atoms. The van der Waals surface area contributed by atoms with Crippen molar-refractivity contribution in [3.8, 4) is 0 Å². The van der Waals surface area contributed by atoms with E-state index in [1.807, 2.05) is 42.6 Å². The molecule has 0 aliphatic carbocycles. The Morgan fingerprint density at radius 2 is 1.83 bits per heavy atom. The van der Waals surface area contributed by atoms with Gasteiger partial charge in [0, 0.05) is 11.6 Å². The van der Waals surface area contributed by atoms with Crippen LogP contribution in [0, 0.1) is 0 Å². The van der Waals surface area contributed by atoms with E-state index in [0.29, 0.717) is 5.95 Å². The molecule has 0 saturated carbocycles. The third-order valence-corrected chi connectivity index (χ3v) is 4.13. The van der Waals surface area contributed by atoms with Crippen molar-refractivity contribution >= 4 is 16.9 Å². The zero-order valence-corrected chi connectivity index (χ0v) is 14.3. The van der Waals surface area contributed by atoms with Gasteiger partial charge in [-0.15, -0.1) is 0 Å². The zero-order chi connectivity index (χ0) is 17.2. The normalized spacial score (nSPS) is 13.0. The van der Waals surface area contributed by atoms with Gasteiger partial charge in [-0.3, -0.25) is 0 Å². The number of aromatic nitrogens is 2. The summed E-state index contributed by atoms with van der Waals surface area (Å²) in [7, 11) is 0. The summed E-state index contributed by atoms with van der Waals surface area (Å²) >= 11 is 0. The van der Waals surface area contributed by atoms with E-state index in [2.05, 4.69) is 48.2 Å². The summed E-state index contributed by atoms with van der Waals surface area (Å²) in [4.78, 5) is 8.99. The molecule has 3 aromatic rings. The van der Waals surface area contributed by atoms with E-state index in [0.717, 1.165) is 16.5 Å². The second-order valence-corrected chi connectivity index (χ2v) is 7.01. The summed E-state index contributed by atoms with van der Waals surface area (Å²) in [5.74, 6) is 0.522. The van der Waals surface area contributed by atoms with Crippen molar-refractivity contribution in [3.63, 3.8) is 0 Å². The standard InChI is InChI=1S/C20H23N3O/c1-20(2,3)16-9-10-17-15(11-16)12-21-19(22-17)23-18(13-24)14-7-5-4-6-8-14/h4-12,18,24H,13H2,1-3H3,(H,21,22,23)/t18-/m0/s1. The van der Waals surface area contributed by atoms with E-state index in [1.165, 1.54) is 5.56 Å². The van der Waals surface area contributed by atoms with Crippen LogP contribution < -0.4 is 5.32 Å². The molecule has 0 saturated heterocycles. The molecule has 24 heavy (non-hydrogen) atoms. The van der Waals surface area contributed by atoms with Crippen LogP contribution in [0.15, 0.2) is 54.7 Å². The number of hydrogen-bond donors (Lipinski definition) is 2. The molecular formula is C20H23N3O. The largest absolute Gasteiger partial charge is 0.394 e. The molecule has 0 radical (unpaired) electrons. The molecule has 4 nitrogen and oxygen atoms in total. The Morgan fingerprint density at radius 3 is 2.50 bits per heavy atom. The maximum absolute atomic E-state index is 9.66. The molecule has 0 aliphatic rings. The summed E-state index contributed by atoms with van der Waals surface area (Å²) in [6, 6.07) is 15.9. The van der Waals surface area contributed by atoms with Gasteiger partial charge in [0.05, 0.1) is 18.2 Å². The first-order valence-electron chi connectivity index (χ1n) is 8.17. The SMILES string of the molecule is CC(C)(C)c1ccc2nc(N[C@@H](CO)c3ccccc3)ncc2c1. The van der Waals surface area contributed by atoms with E-state index in [9.17, 15) is 5.11 Å². The number of nitrogens with zero attached hydrogens (tertiary/aromatic N) is 2. The van der Waals surface area contributed by atoms with E-state index in [1.54, 1.807) is 0 Å². The highest BCUT2D eigenvalue weighted by Crippen LogP contribution is 2.26. The Bertz CT molecular complexity index is 825. The minimum absolute atomic E-state index is 0.0195. The smallest absolute Gasteiger partial charge is 0.223 e. The molecule has 3 rings (SSSR count). The number of benzene rings is 2. The van der Waals surface area contributed by atoms with E-state index >= 15 is 0 Å². The Labute approximate surface area is 142 Å². The van der Waals surface area contributed by atoms with Crippen LogP contribution in [0.4, 0.5) is 5.95 Å². The maximum atomic E-state index is 9.66. The van der Waals surface area contributed by atoms with Gasteiger partial charge in [-0.25, -0.2) is 9.97 Å². The number of aliphatic hydroxyl groups excluding tert-OH is 1. The molecule has 0 fully saturated rings. The number of anilines is 1. The Hall–Kier alpha value is -2.46. The molecule has 4 heteroatoms. The first-order valence-corrected chi connectivity index (χ1v) is 8.17. The van der Waals surface area contributed by atoms with Gasteiger partial charge < -0.3 is 10.4 Å². The van der Waals surface area contributed by atoms with Crippen molar-refractivity contribution in [2.45, 2.75) is 32.2 Å². The third kappa shape index (κ3) is 3.54. The topological polar surface area (TPSA) is 58.0 Å². The minimum atomic E-state index is -0.225. The van der Waals surface area contributed by atoms with Crippen LogP contribution in [0.25, 0.3) is 10.9 Å². The van der Waals surface area contributed by atoms with Crippen LogP contribution >= 0.6 is 0 Å². The van der Waals surface area contributed by atoms with Crippen LogP contribution in [0.2, 0.25) is 0 Å². The lowest BCUT2D eigenvalue weighted by atomic mass is 9.86. The molecule has 2 aromatic carbocycles. The van der Waals surface area contributed by atoms with Gasteiger partial charge in [0.25, 0.3) is 0 Å². The fraction of sp³-hybridized carbons (Fsp3) is 0.300. The minimum Gasteiger partial charge on any atom is -0.394 e. The van der Waals surface area contributed by atoms with Gasteiger partial charge >= 0.3 is 0 Å². The highest BCUT2D eigenvalue weighted by atomic mass is 16.3. The number of fused-ring (bicyclic) bond motifs is 1. The monoisotopic (exact) mass is 321 g/mol. The van der Waals surface area contributed by atoms with E-state index in [-0.39, 0.29) is 18.1 Å². The van der Waals surface area contributed by atoms with Gasteiger partial charge in [0.15, 0.2) is 0 Å². The first kappa shape index (κ1) is 16.4. The number of rotatable bonds is 4. The van der Waals surface area contributed by atoms with Gasteiger partial charge in [-0.1, -0.05) is 57.2 Å². The molecule has 1 heterocycles. The van der Waals surface area contributed by atoms with Gasteiger partial charge in [0.1, 0.15) is 0 Å². The molecule has 0 aliphatic heterocycles. The van der Waals surface area contributed by atoms with Crippen molar-refractivity contribution in [1.29, 1.82) is 0 Å². The van der Waals surface area contributed by atoms with Crippen molar-refractivity contribution < 1.29 is 5.11 Å². The molecule has 1 atom stereocenters. The molecule has 1 aromatic heterocycles. The van der Waals surface area contributed by atoms with Crippen molar-refractivity contribution in [1.82, 2.24) is 9.97 Å². The van der Waals surface area contributed by atoms with E-state index in [4.69, 9.17) is 0 Å². The van der Waals surface area contributed by atoms with Gasteiger partial charge in [-0.2, -0.15) is 0 Å². The molecule has 2 N–H and O–H groups in total. The average Bonchev–Trinajstić information content (AvgIpc) is 2.59. The molecule has 124 valence electrons. The summed E-state index contributed by atoms with van der Waals surface area (Å²) < 4.78 is 0. The highest BCUT2D eigenvalue weighted by molar-refractivity contribution is 5.79. The first-order chi connectivity index (χ1) is 11.5. The quantitative estimate of drug-likeness (QED) is 0.760. The Morgan fingerprint density at radius 1 is 1.08 bits per heavy atom. The van der Waals surface area contributed by atoms with Crippen LogP contribution in [-0.4, -0.2) is 21.7 Å². The van der Waals surface area contributed by atoms with Crippen LogP contribution in [-0.2, 0) is 5.41 Å². The van der Waals surface area contributed by atoms with Gasteiger partial charge in [-0.05, 0) is 28.7 Å². The van der Waals surface area contributed by atoms with Gasteiger partial charge in [0.2, 0.25) is 5.95 Å². The summed E-state index contributed by atoms with van der Waals surface area (Å²) in [6.45, 7) is 6.55. The molecule has 0 unspecified atom stereocenters. The second-order valence-electron chi connectivity index (χ2n) is 7.01. The van der Waals surface area contributed by atoms with Crippen LogP contribution in [0.1, 0.15) is 37.9 Å². The fourth-order valence-corrected chi connectivity index (χ4v) is 2.65. The lowest BCUT2D eigenvalue weighted by molar-refractivity contribution is 0.276. The number of aliphatic hydroxyl groups is 1. The predicted molar refractivity (Wildman–Crippen MR) is 98.1 cm³/mol. The Kier molecular flexibility index (Phi) is 4.49. The fourth-order valence-electron chi connectivity index (χ4n) is 2.65.